The molecule has 0 spiro atoms. The van der Waals surface area contributed by atoms with Crippen molar-refractivity contribution in [3.8, 4) is 0 Å². The summed E-state index contributed by atoms with van der Waals surface area (Å²) in [6.45, 7) is 1.41. The first-order chi connectivity index (χ1) is 6.11. The molecule has 0 aliphatic carbocycles. The van der Waals surface area contributed by atoms with Gasteiger partial charge >= 0.3 is 0 Å². The van der Waals surface area contributed by atoms with Crippen LogP contribution in [0.2, 0.25) is 0 Å². The second-order valence-electron chi connectivity index (χ2n) is 3.30. The lowest BCUT2D eigenvalue weighted by atomic mass is 9.91. The molecule has 13 heavy (non-hydrogen) atoms. The summed E-state index contributed by atoms with van der Waals surface area (Å²) >= 11 is 0. The van der Waals surface area contributed by atoms with E-state index >= 15 is 0 Å². The molecule has 0 aromatic carbocycles. The molecule has 1 saturated heterocycles. The summed E-state index contributed by atoms with van der Waals surface area (Å²) in [5.41, 5.74) is 0. The van der Waals surface area contributed by atoms with Crippen LogP contribution in [-0.4, -0.2) is 53.6 Å². The Morgan fingerprint density at radius 2 is 1.92 bits per heavy atom. The molecule has 5 heteroatoms. The van der Waals surface area contributed by atoms with Crippen molar-refractivity contribution in [2.75, 3.05) is 13.7 Å². The van der Waals surface area contributed by atoms with Crippen LogP contribution in [0.1, 0.15) is 6.92 Å². The zero-order valence-corrected chi connectivity index (χ0v) is 7.75. The summed E-state index contributed by atoms with van der Waals surface area (Å²) in [6, 6.07) is 0. The standard InChI is InChI=1S/C8H16O5/c1-4-6(10)5(3-9)13-8(12-2)7(4)11/h4-11H,3H2,1-2H3/t4-,5?,6?,7?,8?/m0/s1. The van der Waals surface area contributed by atoms with E-state index in [1.54, 1.807) is 6.92 Å². The number of rotatable bonds is 2. The van der Waals surface area contributed by atoms with E-state index in [1.165, 1.54) is 7.11 Å². The second kappa shape index (κ2) is 4.34. The summed E-state index contributed by atoms with van der Waals surface area (Å²) < 4.78 is 9.97. The highest BCUT2D eigenvalue weighted by molar-refractivity contribution is 4.86. The van der Waals surface area contributed by atoms with Gasteiger partial charge in [0.15, 0.2) is 6.29 Å². The molecular formula is C8H16O5. The zero-order valence-electron chi connectivity index (χ0n) is 7.75. The van der Waals surface area contributed by atoms with Crippen LogP contribution in [0.3, 0.4) is 0 Å². The Labute approximate surface area is 76.9 Å². The van der Waals surface area contributed by atoms with Gasteiger partial charge in [0, 0.05) is 13.0 Å². The Hall–Kier alpha value is -0.200. The van der Waals surface area contributed by atoms with Crippen molar-refractivity contribution >= 4 is 0 Å². The van der Waals surface area contributed by atoms with Gasteiger partial charge in [-0.15, -0.1) is 0 Å². The summed E-state index contributed by atoms with van der Waals surface area (Å²) in [4.78, 5) is 0. The van der Waals surface area contributed by atoms with Gasteiger partial charge in [0.1, 0.15) is 12.2 Å². The highest BCUT2D eigenvalue weighted by atomic mass is 16.7. The Morgan fingerprint density at radius 3 is 2.38 bits per heavy atom. The fourth-order valence-electron chi connectivity index (χ4n) is 1.47. The van der Waals surface area contributed by atoms with Gasteiger partial charge in [-0.05, 0) is 0 Å². The molecule has 78 valence electrons. The van der Waals surface area contributed by atoms with Gasteiger partial charge in [-0.1, -0.05) is 6.92 Å². The molecule has 0 saturated carbocycles. The van der Waals surface area contributed by atoms with Crippen molar-refractivity contribution in [3.63, 3.8) is 0 Å². The SMILES string of the molecule is COC1OC(CO)C(O)[C@H](C)C1O. The maximum absolute atomic E-state index is 9.53. The summed E-state index contributed by atoms with van der Waals surface area (Å²) in [6.07, 6.45) is -3.16. The fraction of sp³-hybridized carbons (Fsp3) is 1.00. The smallest absolute Gasteiger partial charge is 0.183 e. The van der Waals surface area contributed by atoms with Gasteiger partial charge < -0.3 is 24.8 Å². The van der Waals surface area contributed by atoms with Crippen LogP contribution in [-0.2, 0) is 9.47 Å². The molecule has 1 aliphatic rings. The molecule has 5 atom stereocenters. The Bertz CT molecular complexity index is 143. The van der Waals surface area contributed by atoms with E-state index in [9.17, 15) is 10.2 Å². The predicted octanol–water partition coefficient (Wildman–Crippen LogP) is -1.29. The molecule has 0 bridgehead atoms. The Balaban J connectivity index is 2.66. The quantitative estimate of drug-likeness (QED) is 0.507. The predicted molar refractivity (Wildman–Crippen MR) is 43.9 cm³/mol. The average molecular weight is 192 g/mol. The van der Waals surface area contributed by atoms with Gasteiger partial charge in [-0.25, -0.2) is 0 Å². The molecule has 5 nitrogen and oxygen atoms in total. The van der Waals surface area contributed by atoms with Gasteiger partial charge in [0.05, 0.1) is 12.7 Å². The summed E-state index contributed by atoms with van der Waals surface area (Å²) in [7, 11) is 1.41. The lowest BCUT2D eigenvalue weighted by Gasteiger charge is -2.40. The molecular weight excluding hydrogens is 176 g/mol. The molecule has 1 heterocycles. The van der Waals surface area contributed by atoms with Gasteiger partial charge in [-0.2, -0.15) is 0 Å². The van der Waals surface area contributed by atoms with E-state index in [4.69, 9.17) is 14.6 Å². The topological polar surface area (TPSA) is 79.2 Å². The van der Waals surface area contributed by atoms with E-state index in [0.717, 1.165) is 0 Å². The zero-order chi connectivity index (χ0) is 10.0. The number of methoxy groups -OCH3 is 1. The molecule has 1 aliphatic heterocycles. The van der Waals surface area contributed by atoms with E-state index in [2.05, 4.69) is 0 Å². The first-order valence-corrected chi connectivity index (χ1v) is 4.27. The largest absolute Gasteiger partial charge is 0.394 e. The lowest BCUT2D eigenvalue weighted by Crippen LogP contribution is -2.54. The van der Waals surface area contributed by atoms with Crippen molar-refractivity contribution in [3.05, 3.63) is 0 Å². The van der Waals surface area contributed by atoms with Crippen molar-refractivity contribution in [2.24, 2.45) is 5.92 Å². The van der Waals surface area contributed by atoms with Crippen molar-refractivity contribution < 1.29 is 24.8 Å². The maximum Gasteiger partial charge on any atom is 0.183 e. The van der Waals surface area contributed by atoms with E-state index in [1.807, 2.05) is 0 Å². The second-order valence-corrected chi connectivity index (χ2v) is 3.30. The molecule has 1 fully saturated rings. The molecule has 0 aromatic heterocycles. The van der Waals surface area contributed by atoms with Crippen LogP contribution in [0, 0.1) is 5.92 Å². The normalized spacial score (nSPS) is 46.4. The highest BCUT2D eigenvalue weighted by Gasteiger charge is 2.41. The van der Waals surface area contributed by atoms with Crippen LogP contribution < -0.4 is 0 Å². The molecule has 4 unspecified atom stereocenters. The summed E-state index contributed by atoms with van der Waals surface area (Å²) in [5, 5.41) is 27.9. The van der Waals surface area contributed by atoms with Gasteiger partial charge in [-0.3, -0.25) is 0 Å². The van der Waals surface area contributed by atoms with Gasteiger partial charge in [0.25, 0.3) is 0 Å². The number of aliphatic hydroxyl groups excluding tert-OH is 3. The van der Waals surface area contributed by atoms with Crippen molar-refractivity contribution in [1.29, 1.82) is 0 Å². The fourth-order valence-corrected chi connectivity index (χ4v) is 1.47. The average Bonchev–Trinajstić information content (AvgIpc) is 2.15. The van der Waals surface area contributed by atoms with E-state index in [0.29, 0.717) is 0 Å². The van der Waals surface area contributed by atoms with Crippen molar-refractivity contribution in [1.82, 2.24) is 0 Å². The van der Waals surface area contributed by atoms with E-state index in [-0.39, 0.29) is 12.5 Å². The third kappa shape index (κ3) is 2.00. The summed E-state index contributed by atoms with van der Waals surface area (Å²) in [5.74, 6) is -0.365. The first-order valence-electron chi connectivity index (χ1n) is 4.27. The minimum absolute atomic E-state index is 0.280. The van der Waals surface area contributed by atoms with Crippen molar-refractivity contribution in [2.45, 2.75) is 31.5 Å². The number of hydrogen-bond acceptors (Lipinski definition) is 5. The minimum Gasteiger partial charge on any atom is -0.394 e. The third-order valence-electron chi connectivity index (χ3n) is 2.46. The van der Waals surface area contributed by atoms with Crippen LogP contribution >= 0.6 is 0 Å². The number of aliphatic hydroxyl groups is 3. The molecule has 3 N–H and O–H groups in total. The minimum atomic E-state index is -0.859. The monoisotopic (exact) mass is 192 g/mol. The van der Waals surface area contributed by atoms with Crippen LogP contribution in [0.5, 0.6) is 0 Å². The first kappa shape index (κ1) is 10.9. The molecule has 0 amide bonds. The Kier molecular flexibility index (Phi) is 3.63. The van der Waals surface area contributed by atoms with Gasteiger partial charge in [0.2, 0.25) is 0 Å². The molecule has 1 rings (SSSR count). The third-order valence-corrected chi connectivity index (χ3v) is 2.46. The highest BCUT2D eigenvalue weighted by Crippen LogP contribution is 2.25. The van der Waals surface area contributed by atoms with Crippen LogP contribution in [0.15, 0.2) is 0 Å². The Morgan fingerprint density at radius 1 is 1.31 bits per heavy atom. The lowest BCUT2D eigenvalue weighted by molar-refractivity contribution is -0.280. The maximum atomic E-state index is 9.53. The van der Waals surface area contributed by atoms with Crippen LogP contribution in [0.25, 0.3) is 0 Å². The molecule has 0 radical (unpaired) electrons. The number of hydrogen-bond donors (Lipinski definition) is 3. The van der Waals surface area contributed by atoms with Crippen LogP contribution in [0.4, 0.5) is 0 Å². The molecule has 0 aromatic rings. The number of ether oxygens (including phenoxy) is 2. The van der Waals surface area contributed by atoms with E-state index < -0.39 is 24.6 Å².